The van der Waals surface area contributed by atoms with Crippen LogP contribution in [0, 0.1) is 0 Å². The summed E-state index contributed by atoms with van der Waals surface area (Å²) in [6, 6.07) is 0.383. The van der Waals surface area contributed by atoms with Crippen molar-refractivity contribution in [2.75, 3.05) is 57.0 Å². The Kier molecular flexibility index (Phi) is 5.19. The molecule has 0 N–H and O–H groups in total. The van der Waals surface area contributed by atoms with E-state index in [0.29, 0.717) is 17.9 Å². The van der Waals surface area contributed by atoms with E-state index in [0.717, 1.165) is 18.8 Å². The molecule has 0 amide bonds. The molecule has 0 aliphatic carbocycles. The summed E-state index contributed by atoms with van der Waals surface area (Å²) in [5.41, 5.74) is 0.255. The molecule has 0 radical (unpaired) electrons. The first-order valence-corrected chi connectivity index (χ1v) is 8.92. The Morgan fingerprint density at radius 1 is 0.760 bits per heavy atom. The largest absolute Gasteiger partial charge is 0.347 e. The van der Waals surface area contributed by atoms with E-state index in [1.807, 2.05) is 38.0 Å². The minimum Gasteiger partial charge on any atom is -0.347 e. The molecule has 1 aromatic heterocycles. The second-order valence-corrected chi connectivity index (χ2v) is 8.88. The lowest BCUT2D eigenvalue weighted by molar-refractivity contribution is -0.0121. The van der Waals surface area contributed by atoms with Gasteiger partial charge in [0.25, 0.3) is 0 Å². The van der Waals surface area contributed by atoms with Gasteiger partial charge in [-0.3, -0.25) is 4.90 Å². The van der Waals surface area contributed by atoms with E-state index in [2.05, 4.69) is 56.6 Å². The third-order valence-electron chi connectivity index (χ3n) is 5.55. The third-order valence-corrected chi connectivity index (χ3v) is 5.55. The average molecular weight is 350 g/mol. The molecule has 25 heavy (non-hydrogen) atoms. The van der Waals surface area contributed by atoms with Crippen molar-refractivity contribution in [2.24, 2.45) is 0 Å². The van der Waals surface area contributed by atoms with Crippen molar-refractivity contribution in [1.82, 2.24) is 19.9 Å². The van der Waals surface area contributed by atoms with Crippen LogP contribution in [0.25, 0.3) is 0 Å². The van der Waals surface area contributed by atoms with Crippen LogP contribution >= 0.6 is 0 Å². The van der Waals surface area contributed by atoms with Crippen LogP contribution in [0.1, 0.15) is 40.5 Å². The molecule has 0 spiro atoms. The maximum atomic E-state index is 4.69. The second kappa shape index (κ2) is 6.59. The molecule has 7 nitrogen and oxygen atoms in total. The lowest BCUT2D eigenvalue weighted by Gasteiger charge is -2.55. The highest BCUT2D eigenvalue weighted by Gasteiger charge is 2.44. The van der Waals surface area contributed by atoms with Crippen LogP contribution in [0.2, 0.25) is 0 Å². The monoisotopic (exact) mass is 349 g/mol. The maximum absolute atomic E-state index is 4.69. The smallest absolute Gasteiger partial charge is 0.231 e. The standard InChI is InChI=1S/C18H35N7/c1-17(2)11-13(12-18(3,4)25(17)10)24(9)16-20-14(22(5)6)19-15(21-16)23(7)8/h13H,11-12H2,1-10H3. The number of rotatable bonds is 4. The van der Waals surface area contributed by atoms with Gasteiger partial charge in [0.2, 0.25) is 17.8 Å². The van der Waals surface area contributed by atoms with Crippen molar-refractivity contribution in [3.8, 4) is 0 Å². The summed E-state index contributed by atoms with van der Waals surface area (Å²) in [6.07, 6.45) is 2.15. The highest BCUT2D eigenvalue weighted by atomic mass is 15.4. The van der Waals surface area contributed by atoms with Gasteiger partial charge in [-0.05, 0) is 47.6 Å². The van der Waals surface area contributed by atoms with Gasteiger partial charge in [0.15, 0.2) is 0 Å². The van der Waals surface area contributed by atoms with Crippen molar-refractivity contribution in [2.45, 2.75) is 57.7 Å². The van der Waals surface area contributed by atoms with Crippen molar-refractivity contribution < 1.29 is 0 Å². The summed E-state index contributed by atoms with van der Waals surface area (Å²) in [4.78, 5) is 22.5. The number of piperidine rings is 1. The van der Waals surface area contributed by atoms with Gasteiger partial charge in [0.1, 0.15) is 0 Å². The normalized spacial score (nSPS) is 20.4. The molecule has 2 rings (SSSR count). The Morgan fingerprint density at radius 3 is 1.48 bits per heavy atom. The van der Waals surface area contributed by atoms with Gasteiger partial charge in [-0.1, -0.05) is 0 Å². The number of anilines is 3. The Balaban J connectivity index is 2.38. The van der Waals surface area contributed by atoms with Gasteiger partial charge >= 0.3 is 0 Å². The van der Waals surface area contributed by atoms with Crippen LogP contribution in [0.3, 0.4) is 0 Å². The zero-order chi connectivity index (χ0) is 19.2. The van der Waals surface area contributed by atoms with Crippen LogP contribution in [-0.2, 0) is 0 Å². The fourth-order valence-corrected chi connectivity index (χ4v) is 3.66. The number of hydrogen-bond donors (Lipinski definition) is 0. The number of likely N-dealkylation sites (tertiary alicyclic amines) is 1. The predicted octanol–water partition coefficient (Wildman–Crippen LogP) is 2.09. The van der Waals surface area contributed by atoms with Gasteiger partial charge in [0.05, 0.1) is 0 Å². The summed E-state index contributed by atoms with van der Waals surface area (Å²) in [5, 5.41) is 0. The van der Waals surface area contributed by atoms with Gasteiger partial charge in [0, 0.05) is 52.4 Å². The van der Waals surface area contributed by atoms with Crippen LogP contribution in [0.15, 0.2) is 0 Å². The van der Waals surface area contributed by atoms with Crippen LogP contribution in [0.5, 0.6) is 0 Å². The van der Waals surface area contributed by atoms with E-state index < -0.39 is 0 Å². The summed E-state index contributed by atoms with van der Waals surface area (Å²) in [6.45, 7) is 9.27. The second-order valence-electron chi connectivity index (χ2n) is 8.88. The molecule has 0 unspecified atom stereocenters. The van der Waals surface area contributed by atoms with E-state index in [4.69, 9.17) is 9.97 Å². The van der Waals surface area contributed by atoms with Crippen molar-refractivity contribution in [1.29, 1.82) is 0 Å². The molecule has 0 atom stereocenters. The summed E-state index contributed by atoms with van der Waals surface area (Å²) >= 11 is 0. The van der Waals surface area contributed by atoms with E-state index in [-0.39, 0.29) is 11.1 Å². The van der Waals surface area contributed by atoms with Crippen molar-refractivity contribution >= 4 is 17.8 Å². The van der Waals surface area contributed by atoms with Gasteiger partial charge in [-0.2, -0.15) is 15.0 Å². The predicted molar refractivity (Wildman–Crippen MR) is 106 cm³/mol. The van der Waals surface area contributed by atoms with E-state index in [9.17, 15) is 0 Å². The molecular weight excluding hydrogens is 314 g/mol. The van der Waals surface area contributed by atoms with E-state index >= 15 is 0 Å². The van der Waals surface area contributed by atoms with Gasteiger partial charge in [-0.25, -0.2) is 0 Å². The van der Waals surface area contributed by atoms with Crippen LogP contribution in [-0.4, -0.2) is 79.3 Å². The molecular formula is C18H35N7. The third kappa shape index (κ3) is 3.97. The Morgan fingerprint density at radius 2 is 1.12 bits per heavy atom. The summed E-state index contributed by atoms with van der Waals surface area (Å²) < 4.78 is 0. The molecule has 7 heteroatoms. The highest BCUT2D eigenvalue weighted by Crippen LogP contribution is 2.39. The zero-order valence-corrected chi connectivity index (χ0v) is 17.6. The van der Waals surface area contributed by atoms with Gasteiger partial charge < -0.3 is 14.7 Å². The van der Waals surface area contributed by atoms with Crippen molar-refractivity contribution in [3.05, 3.63) is 0 Å². The molecule has 2 heterocycles. The fourth-order valence-electron chi connectivity index (χ4n) is 3.66. The van der Waals surface area contributed by atoms with Gasteiger partial charge in [-0.15, -0.1) is 0 Å². The first-order valence-electron chi connectivity index (χ1n) is 8.92. The first-order chi connectivity index (χ1) is 11.3. The lowest BCUT2D eigenvalue weighted by Crippen LogP contribution is -2.62. The fraction of sp³-hybridized carbons (Fsp3) is 0.833. The Labute approximate surface area is 153 Å². The molecule has 1 aromatic rings. The van der Waals surface area contributed by atoms with E-state index in [1.54, 1.807) is 0 Å². The molecule has 0 aromatic carbocycles. The van der Waals surface area contributed by atoms with E-state index in [1.165, 1.54) is 0 Å². The number of aromatic nitrogens is 3. The Bertz CT molecular complexity index is 565. The first kappa shape index (κ1) is 19.7. The quantitative estimate of drug-likeness (QED) is 0.825. The van der Waals surface area contributed by atoms with Crippen LogP contribution in [0.4, 0.5) is 17.8 Å². The summed E-state index contributed by atoms with van der Waals surface area (Å²) in [5.74, 6) is 2.11. The molecule has 0 saturated carbocycles. The molecule has 1 aliphatic heterocycles. The maximum Gasteiger partial charge on any atom is 0.231 e. The SMILES string of the molecule is CN(C)c1nc(N(C)C)nc(N(C)C2CC(C)(C)N(C)C(C)(C)C2)n1. The van der Waals surface area contributed by atoms with Crippen molar-refractivity contribution in [3.63, 3.8) is 0 Å². The summed E-state index contributed by atoms with van der Waals surface area (Å²) in [7, 11) is 12.2. The van der Waals surface area contributed by atoms with Crippen LogP contribution < -0.4 is 14.7 Å². The molecule has 0 bridgehead atoms. The zero-order valence-electron chi connectivity index (χ0n) is 17.6. The molecule has 1 fully saturated rings. The lowest BCUT2D eigenvalue weighted by atomic mass is 9.77. The molecule has 1 aliphatic rings. The number of nitrogens with zero attached hydrogens (tertiary/aromatic N) is 7. The highest BCUT2D eigenvalue weighted by molar-refractivity contribution is 5.45. The number of hydrogen-bond acceptors (Lipinski definition) is 7. The average Bonchev–Trinajstić information content (AvgIpc) is 2.50. The molecule has 142 valence electrons. The minimum atomic E-state index is 0.127. The Hall–Kier alpha value is -1.63. The minimum absolute atomic E-state index is 0.127. The molecule has 1 saturated heterocycles. The topological polar surface area (TPSA) is 51.6 Å².